The summed E-state index contributed by atoms with van der Waals surface area (Å²) in [5.41, 5.74) is 6.48. The Kier molecular flexibility index (Phi) is 4.26. The molecule has 2 rings (SSSR count). The zero-order chi connectivity index (χ0) is 11.5. The lowest BCUT2D eigenvalue weighted by atomic mass is 9.73. The Morgan fingerprint density at radius 2 is 2.12 bits per heavy atom. The van der Waals surface area contributed by atoms with E-state index in [-0.39, 0.29) is 0 Å². The summed E-state index contributed by atoms with van der Waals surface area (Å²) in [5.74, 6) is 2.30. The van der Waals surface area contributed by atoms with Gasteiger partial charge < -0.3 is 10.5 Å². The van der Waals surface area contributed by atoms with Crippen LogP contribution in [0.2, 0.25) is 0 Å². The molecule has 2 fully saturated rings. The van der Waals surface area contributed by atoms with Gasteiger partial charge in [-0.05, 0) is 38.0 Å². The molecule has 0 spiro atoms. The van der Waals surface area contributed by atoms with E-state index in [1.54, 1.807) is 0 Å². The summed E-state index contributed by atoms with van der Waals surface area (Å²) in [7, 11) is 0. The Labute approximate surface area is 99.9 Å². The molecule has 0 radical (unpaired) electrons. The van der Waals surface area contributed by atoms with Gasteiger partial charge in [0, 0.05) is 18.6 Å². The molecule has 0 amide bonds. The maximum absolute atomic E-state index is 6.48. The van der Waals surface area contributed by atoms with Crippen molar-refractivity contribution in [1.82, 2.24) is 0 Å². The lowest BCUT2D eigenvalue weighted by Crippen LogP contribution is -2.42. The summed E-state index contributed by atoms with van der Waals surface area (Å²) in [5, 5.41) is 0. The monoisotopic (exact) mass is 225 g/mol. The lowest BCUT2D eigenvalue weighted by molar-refractivity contribution is 0.0852. The van der Waals surface area contributed by atoms with Crippen LogP contribution in [0.15, 0.2) is 0 Å². The molecule has 1 aliphatic heterocycles. The highest BCUT2D eigenvalue weighted by Gasteiger charge is 2.35. The highest BCUT2D eigenvalue weighted by Crippen LogP contribution is 2.37. The van der Waals surface area contributed by atoms with Crippen molar-refractivity contribution < 1.29 is 4.74 Å². The van der Waals surface area contributed by atoms with E-state index in [2.05, 4.69) is 13.8 Å². The molecule has 0 aromatic carbocycles. The van der Waals surface area contributed by atoms with Gasteiger partial charge in [0.05, 0.1) is 6.10 Å². The van der Waals surface area contributed by atoms with Crippen molar-refractivity contribution in [2.75, 3.05) is 6.61 Å². The van der Waals surface area contributed by atoms with E-state index in [0.717, 1.165) is 18.4 Å². The van der Waals surface area contributed by atoms with E-state index in [0.29, 0.717) is 18.1 Å². The molecule has 1 heterocycles. The van der Waals surface area contributed by atoms with E-state index in [1.807, 2.05) is 0 Å². The zero-order valence-electron chi connectivity index (χ0n) is 10.8. The second-order valence-corrected chi connectivity index (χ2v) is 5.81. The molecule has 2 aliphatic rings. The zero-order valence-corrected chi connectivity index (χ0v) is 10.8. The minimum absolute atomic E-state index is 0.381. The highest BCUT2D eigenvalue weighted by molar-refractivity contribution is 4.89. The van der Waals surface area contributed by atoms with Crippen LogP contribution in [0.4, 0.5) is 0 Å². The summed E-state index contributed by atoms with van der Waals surface area (Å²) in [6.45, 7) is 5.43. The van der Waals surface area contributed by atoms with Crippen molar-refractivity contribution in [2.24, 2.45) is 23.5 Å². The second kappa shape index (κ2) is 5.50. The molecular weight excluding hydrogens is 198 g/mol. The number of nitrogens with two attached hydrogens (primary N) is 1. The van der Waals surface area contributed by atoms with Crippen LogP contribution in [0.25, 0.3) is 0 Å². The predicted molar refractivity (Wildman–Crippen MR) is 67.2 cm³/mol. The smallest absolute Gasteiger partial charge is 0.0590 e. The fraction of sp³-hybridized carbons (Fsp3) is 1.00. The maximum Gasteiger partial charge on any atom is 0.0590 e. The van der Waals surface area contributed by atoms with Crippen LogP contribution < -0.4 is 5.73 Å². The number of hydrogen-bond donors (Lipinski definition) is 1. The first-order valence-corrected chi connectivity index (χ1v) is 7.09. The summed E-state index contributed by atoms with van der Waals surface area (Å²) in [6.07, 6.45) is 8.42. The van der Waals surface area contributed by atoms with Crippen molar-refractivity contribution in [3.63, 3.8) is 0 Å². The summed E-state index contributed by atoms with van der Waals surface area (Å²) in [4.78, 5) is 0. The average molecular weight is 225 g/mol. The average Bonchev–Trinajstić information content (AvgIpc) is 2.74. The van der Waals surface area contributed by atoms with Crippen molar-refractivity contribution in [2.45, 2.75) is 64.5 Å². The Morgan fingerprint density at radius 3 is 2.75 bits per heavy atom. The molecule has 5 atom stereocenters. The molecule has 94 valence electrons. The van der Waals surface area contributed by atoms with Crippen molar-refractivity contribution >= 4 is 0 Å². The first-order chi connectivity index (χ1) is 7.72. The Morgan fingerprint density at radius 1 is 1.31 bits per heavy atom. The summed E-state index contributed by atoms with van der Waals surface area (Å²) >= 11 is 0. The molecule has 16 heavy (non-hydrogen) atoms. The van der Waals surface area contributed by atoms with Crippen molar-refractivity contribution in [3.05, 3.63) is 0 Å². The Bertz CT molecular complexity index is 219. The third kappa shape index (κ3) is 2.60. The fourth-order valence-electron chi connectivity index (χ4n) is 3.66. The van der Waals surface area contributed by atoms with Gasteiger partial charge in [-0.15, -0.1) is 0 Å². The summed E-state index contributed by atoms with van der Waals surface area (Å²) in [6, 6.07) is 0.381. The van der Waals surface area contributed by atoms with E-state index in [9.17, 15) is 0 Å². The molecule has 5 unspecified atom stereocenters. The van der Waals surface area contributed by atoms with Gasteiger partial charge >= 0.3 is 0 Å². The van der Waals surface area contributed by atoms with Crippen LogP contribution in [0.5, 0.6) is 0 Å². The lowest BCUT2D eigenvalue weighted by Gasteiger charge is -2.36. The molecule has 1 aliphatic carbocycles. The Balaban J connectivity index is 1.90. The van der Waals surface area contributed by atoms with E-state index in [1.165, 1.54) is 38.5 Å². The summed E-state index contributed by atoms with van der Waals surface area (Å²) < 4.78 is 5.65. The van der Waals surface area contributed by atoms with Crippen LogP contribution >= 0.6 is 0 Å². The number of ether oxygens (including phenoxy) is 1. The van der Waals surface area contributed by atoms with Crippen LogP contribution in [-0.4, -0.2) is 18.8 Å². The quantitative estimate of drug-likeness (QED) is 0.801. The predicted octanol–water partition coefficient (Wildman–Crippen LogP) is 2.96. The largest absolute Gasteiger partial charge is 0.378 e. The van der Waals surface area contributed by atoms with E-state index < -0.39 is 0 Å². The molecule has 2 nitrogen and oxygen atoms in total. The van der Waals surface area contributed by atoms with Gasteiger partial charge in [0.25, 0.3) is 0 Å². The van der Waals surface area contributed by atoms with Gasteiger partial charge in [0.1, 0.15) is 0 Å². The molecule has 0 aromatic heterocycles. The molecule has 2 heteroatoms. The number of rotatable bonds is 3. The van der Waals surface area contributed by atoms with Crippen molar-refractivity contribution in [1.29, 1.82) is 0 Å². The minimum Gasteiger partial charge on any atom is -0.378 e. The van der Waals surface area contributed by atoms with Crippen LogP contribution in [0, 0.1) is 17.8 Å². The third-order valence-electron chi connectivity index (χ3n) is 4.87. The van der Waals surface area contributed by atoms with Crippen LogP contribution in [0.3, 0.4) is 0 Å². The first-order valence-electron chi connectivity index (χ1n) is 7.09. The number of hydrogen-bond acceptors (Lipinski definition) is 2. The first kappa shape index (κ1) is 12.4. The minimum atomic E-state index is 0.381. The van der Waals surface area contributed by atoms with E-state index >= 15 is 0 Å². The second-order valence-electron chi connectivity index (χ2n) is 5.81. The molecular formula is C14H27NO. The van der Waals surface area contributed by atoms with Crippen LogP contribution in [0.1, 0.15) is 52.4 Å². The molecule has 0 bridgehead atoms. The van der Waals surface area contributed by atoms with Gasteiger partial charge in [0.2, 0.25) is 0 Å². The Hall–Kier alpha value is -0.0800. The SMILES string of the molecule is CCC1CCCC(C(N)C2CCOC2C)C1. The molecule has 1 saturated heterocycles. The van der Waals surface area contributed by atoms with Gasteiger partial charge in [-0.2, -0.15) is 0 Å². The topological polar surface area (TPSA) is 35.2 Å². The van der Waals surface area contributed by atoms with Crippen molar-refractivity contribution in [3.8, 4) is 0 Å². The highest BCUT2D eigenvalue weighted by atomic mass is 16.5. The standard InChI is InChI=1S/C14H27NO/c1-3-11-5-4-6-12(9-11)14(15)13-7-8-16-10(13)2/h10-14H,3-9,15H2,1-2H3. The third-order valence-corrected chi connectivity index (χ3v) is 4.87. The normalized spacial score (nSPS) is 42.2. The van der Waals surface area contributed by atoms with Gasteiger partial charge in [-0.3, -0.25) is 0 Å². The van der Waals surface area contributed by atoms with E-state index in [4.69, 9.17) is 10.5 Å². The van der Waals surface area contributed by atoms with Gasteiger partial charge in [-0.25, -0.2) is 0 Å². The van der Waals surface area contributed by atoms with Crippen LogP contribution in [-0.2, 0) is 4.74 Å². The molecule has 1 saturated carbocycles. The van der Waals surface area contributed by atoms with Gasteiger partial charge in [0.15, 0.2) is 0 Å². The molecule has 2 N–H and O–H groups in total. The fourth-order valence-corrected chi connectivity index (χ4v) is 3.66. The van der Waals surface area contributed by atoms with Gasteiger partial charge in [-0.1, -0.05) is 26.2 Å². The maximum atomic E-state index is 6.48. The molecule has 0 aromatic rings.